The number of rotatable bonds is 3. The number of nitrogens with two attached hydrogens (primary N) is 1. The van der Waals surface area contributed by atoms with Gasteiger partial charge >= 0.3 is 0 Å². The molecule has 0 fully saturated rings. The lowest BCUT2D eigenvalue weighted by atomic mass is 10.1. The van der Waals surface area contributed by atoms with Crippen molar-refractivity contribution in [3.05, 3.63) is 42.0 Å². The van der Waals surface area contributed by atoms with Gasteiger partial charge < -0.3 is 15.4 Å². The molecule has 2 heterocycles. The van der Waals surface area contributed by atoms with Crippen LogP contribution in [0, 0.1) is 0 Å². The van der Waals surface area contributed by atoms with Gasteiger partial charge in [0.15, 0.2) is 5.69 Å². The third-order valence-corrected chi connectivity index (χ3v) is 5.05. The van der Waals surface area contributed by atoms with Crippen molar-refractivity contribution >= 4 is 38.0 Å². The minimum Gasteiger partial charge on any atom is -0.493 e. The first-order valence-electron chi connectivity index (χ1n) is 7.58. The van der Waals surface area contributed by atoms with Crippen LogP contribution in [-0.4, -0.2) is 25.1 Å². The molecule has 5 N–H and O–H groups in total. The second kappa shape index (κ2) is 5.57. The largest absolute Gasteiger partial charge is 0.493 e. The molecule has 0 spiro atoms. The standard InChI is InChI=1S/C16H15N5O3S/c17-25(23,24)11-3-1-10(2-4-11)20-21-15-12-8-13-9(5-6-18-13)7-14(12)19-16(15)22/h1-4,7-8,18-19,22H,5-6H2,(H2,17,23,24). The molecule has 2 aromatic carbocycles. The van der Waals surface area contributed by atoms with E-state index in [-0.39, 0.29) is 10.8 Å². The Morgan fingerprint density at radius 2 is 1.88 bits per heavy atom. The average Bonchev–Trinajstić information content (AvgIpc) is 3.13. The van der Waals surface area contributed by atoms with E-state index >= 15 is 0 Å². The molecule has 1 aliphatic heterocycles. The summed E-state index contributed by atoms with van der Waals surface area (Å²) in [5.74, 6) is -0.0661. The van der Waals surface area contributed by atoms with Gasteiger partial charge in [-0.3, -0.25) is 0 Å². The number of aromatic hydroxyl groups is 1. The number of aromatic amines is 1. The topological polar surface area (TPSA) is 133 Å². The fourth-order valence-corrected chi connectivity index (χ4v) is 3.39. The van der Waals surface area contributed by atoms with E-state index < -0.39 is 10.0 Å². The number of anilines is 1. The van der Waals surface area contributed by atoms with E-state index in [4.69, 9.17) is 5.14 Å². The number of H-pyrrole nitrogens is 1. The number of hydrogen-bond donors (Lipinski definition) is 4. The molecule has 0 unspecified atom stereocenters. The first kappa shape index (κ1) is 15.6. The molecule has 0 saturated heterocycles. The maximum absolute atomic E-state index is 11.3. The number of sulfonamides is 1. The summed E-state index contributed by atoms with van der Waals surface area (Å²) in [7, 11) is -3.74. The van der Waals surface area contributed by atoms with Crippen molar-refractivity contribution in [2.75, 3.05) is 11.9 Å². The normalized spacial score (nSPS) is 14.1. The Hall–Kier alpha value is -2.91. The van der Waals surface area contributed by atoms with Gasteiger partial charge in [-0.2, -0.15) is 5.11 Å². The second-order valence-electron chi connectivity index (χ2n) is 5.79. The Balaban J connectivity index is 1.70. The van der Waals surface area contributed by atoms with Crippen LogP contribution in [0.2, 0.25) is 0 Å². The van der Waals surface area contributed by atoms with Crippen molar-refractivity contribution in [3.8, 4) is 5.88 Å². The molecule has 3 aromatic rings. The average molecular weight is 357 g/mol. The summed E-state index contributed by atoms with van der Waals surface area (Å²) in [6.45, 7) is 0.890. The number of fused-ring (bicyclic) bond motifs is 2. The Bertz CT molecular complexity index is 1100. The summed E-state index contributed by atoms with van der Waals surface area (Å²) in [5.41, 5.74) is 3.79. The molecule has 8 nitrogen and oxygen atoms in total. The Kier molecular flexibility index (Phi) is 3.48. The molecule has 0 amide bonds. The van der Waals surface area contributed by atoms with Crippen molar-refractivity contribution in [2.45, 2.75) is 11.3 Å². The summed E-state index contributed by atoms with van der Waals surface area (Å²) in [4.78, 5) is 2.90. The van der Waals surface area contributed by atoms with Crippen LogP contribution >= 0.6 is 0 Å². The Morgan fingerprint density at radius 3 is 2.60 bits per heavy atom. The van der Waals surface area contributed by atoms with Gasteiger partial charge in [0.25, 0.3) is 0 Å². The van der Waals surface area contributed by atoms with Crippen LogP contribution < -0.4 is 10.5 Å². The van der Waals surface area contributed by atoms with Gasteiger partial charge in [0, 0.05) is 17.6 Å². The van der Waals surface area contributed by atoms with Crippen molar-refractivity contribution in [1.29, 1.82) is 0 Å². The second-order valence-corrected chi connectivity index (χ2v) is 7.35. The summed E-state index contributed by atoms with van der Waals surface area (Å²) >= 11 is 0. The van der Waals surface area contributed by atoms with Gasteiger partial charge in [-0.25, -0.2) is 13.6 Å². The van der Waals surface area contributed by atoms with E-state index in [2.05, 4.69) is 20.5 Å². The van der Waals surface area contributed by atoms with E-state index in [0.29, 0.717) is 11.4 Å². The number of azo groups is 1. The summed E-state index contributed by atoms with van der Waals surface area (Å²) in [6, 6.07) is 9.63. The number of benzene rings is 2. The van der Waals surface area contributed by atoms with Crippen LogP contribution in [0.3, 0.4) is 0 Å². The third-order valence-electron chi connectivity index (χ3n) is 4.12. The molecular formula is C16H15N5O3S. The molecule has 128 valence electrons. The zero-order valence-electron chi connectivity index (χ0n) is 13.0. The summed E-state index contributed by atoms with van der Waals surface area (Å²) in [6.07, 6.45) is 0.943. The number of nitrogens with one attached hydrogen (secondary N) is 2. The van der Waals surface area contributed by atoms with Gasteiger partial charge in [0.2, 0.25) is 15.9 Å². The van der Waals surface area contributed by atoms with Crippen LogP contribution in [0.1, 0.15) is 5.56 Å². The third kappa shape index (κ3) is 2.83. The highest BCUT2D eigenvalue weighted by atomic mass is 32.2. The quantitative estimate of drug-likeness (QED) is 0.536. The van der Waals surface area contributed by atoms with Crippen molar-refractivity contribution < 1.29 is 13.5 Å². The Morgan fingerprint density at radius 1 is 1.12 bits per heavy atom. The fourth-order valence-electron chi connectivity index (χ4n) is 2.87. The van der Waals surface area contributed by atoms with Crippen molar-refractivity contribution in [3.63, 3.8) is 0 Å². The summed E-state index contributed by atoms with van der Waals surface area (Å²) in [5, 5.41) is 27.4. The van der Waals surface area contributed by atoms with Crippen LogP contribution in [-0.2, 0) is 16.4 Å². The predicted molar refractivity (Wildman–Crippen MR) is 94.1 cm³/mol. The number of nitrogens with zero attached hydrogens (tertiary/aromatic N) is 2. The van der Waals surface area contributed by atoms with Gasteiger partial charge in [0.1, 0.15) is 0 Å². The lowest BCUT2D eigenvalue weighted by Gasteiger charge is -2.00. The highest BCUT2D eigenvalue weighted by Gasteiger charge is 2.16. The van der Waals surface area contributed by atoms with Crippen LogP contribution in [0.15, 0.2) is 51.5 Å². The number of primary sulfonamides is 1. The Labute approximate surface area is 143 Å². The molecule has 0 radical (unpaired) electrons. The van der Waals surface area contributed by atoms with Crippen molar-refractivity contribution in [1.82, 2.24) is 4.98 Å². The number of hydrogen-bond acceptors (Lipinski definition) is 6. The molecule has 25 heavy (non-hydrogen) atoms. The van der Waals surface area contributed by atoms with Crippen molar-refractivity contribution in [2.24, 2.45) is 15.4 Å². The predicted octanol–water partition coefficient (Wildman–Crippen LogP) is 2.90. The zero-order chi connectivity index (χ0) is 17.6. The fraction of sp³-hybridized carbons (Fsp3) is 0.125. The van der Waals surface area contributed by atoms with Crippen LogP contribution in [0.4, 0.5) is 17.1 Å². The molecule has 0 aliphatic carbocycles. The molecule has 4 rings (SSSR count). The zero-order valence-corrected chi connectivity index (χ0v) is 13.8. The first-order valence-corrected chi connectivity index (χ1v) is 9.12. The minimum atomic E-state index is -3.74. The highest BCUT2D eigenvalue weighted by Crippen LogP contribution is 2.39. The highest BCUT2D eigenvalue weighted by molar-refractivity contribution is 7.89. The van der Waals surface area contributed by atoms with E-state index in [1.807, 2.05) is 12.1 Å². The summed E-state index contributed by atoms with van der Waals surface area (Å²) < 4.78 is 22.5. The number of aromatic nitrogens is 1. The molecule has 9 heteroatoms. The van der Waals surface area contributed by atoms with E-state index in [1.165, 1.54) is 29.8 Å². The monoisotopic (exact) mass is 357 g/mol. The van der Waals surface area contributed by atoms with Gasteiger partial charge in [-0.05, 0) is 48.4 Å². The van der Waals surface area contributed by atoms with Crippen LogP contribution in [0.25, 0.3) is 10.9 Å². The van der Waals surface area contributed by atoms with E-state index in [9.17, 15) is 13.5 Å². The molecule has 1 aromatic heterocycles. The van der Waals surface area contributed by atoms with Gasteiger partial charge in [-0.1, -0.05) is 0 Å². The molecular weight excluding hydrogens is 342 g/mol. The minimum absolute atomic E-state index is 0.00280. The first-order chi connectivity index (χ1) is 11.9. The maximum Gasteiger partial charge on any atom is 0.238 e. The lowest BCUT2D eigenvalue weighted by molar-refractivity contribution is 0.459. The molecule has 0 saturated carbocycles. The maximum atomic E-state index is 11.3. The van der Waals surface area contributed by atoms with Gasteiger partial charge in [0.05, 0.1) is 16.1 Å². The SMILES string of the molecule is NS(=O)(=O)c1ccc(N=Nc2c(O)[nH]c3cc4c(cc23)NCC4)cc1. The molecule has 1 aliphatic rings. The van der Waals surface area contributed by atoms with Crippen LogP contribution in [0.5, 0.6) is 5.88 Å². The lowest BCUT2D eigenvalue weighted by Crippen LogP contribution is -2.11. The molecule has 0 atom stereocenters. The smallest absolute Gasteiger partial charge is 0.238 e. The molecule has 0 bridgehead atoms. The van der Waals surface area contributed by atoms with Gasteiger partial charge in [-0.15, -0.1) is 5.11 Å². The van der Waals surface area contributed by atoms with E-state index in [0.717, 1.165) is 29.6 Å². The van der Waals surface area contributed by atoms with E-state index in [1.54, 1.807) is 0 Å².